The zero-order valence-electron chi connectivity index (χ0n) is 15.7. The molecule has 3 aliphatic rings. The van der Waals surface area contributed by atoms with Gasteiger partial charge in [-0.2, -0.15) is 0 Å². The van der Waals surface area contributed by atoms with E-state index >= 15 is 0 Å². The van der Waals surface area contributed by atoms with E-state index in [1.165, 1.54) is 24.3 Å². The first-order valence-electron chi connectivity index (χ1n) is 9.61. The van der Waals surface area contributed by atoms with Crippen molar-refractivity contribution in [2.45, 2.75) is 31.5 Å². The van der Waals surface area contributed by atoms with Crippen molar-refractivity contribution in [3.63, 3.8) is 0 Å². The minimum atomic E-state index is -4.79. The molecule has 2 aromatic carbocycles. The molecular weight excluding hydrogens is 395 g/mol. The van der Waals surface area contributed by atoms with Crippen molar-refractivity contribution in [2.75, 3.05) is 0 Å². The van der Waals surface area contributed by atoms with Crippen LogP contribution in [0, 0.1) is 0 Å². The Hall–Kier alpha value is -3.35. The first-order valence-corrected chi connectivity index (χ1v) is 9.61. The van der Waals surface area contributed by atoms with Gasteiger partial charge < -0.3 is 10.1 Å². The number of hydrogen-bond acceptors (Lipinski definition) is 4. The summed E-state index contributed by atoms with van der Waals surface area (Å²) in [5, 5.41) is 3.32. The molecule has 0 amide bonds. The number of carbonyl (C=O) groups is 2. The van der Waals surface area contributed by atoms with Gasteiger partial charge in [0.25, 0.3) is 0 Å². The Balaban J connectivity index is 1.64. The molecule has 0 saturated carbocycles. The van der Waals surface area contributed by atoms with Gasteiger partial charge in [-0.1, -0.05) is 36.4 Å². The summed E-state index contributed by atoms with van der Waals surface area (Å²) in [6.45, 7) is 0. The third kappa shape index (κ3) is 2.93. The third-order valence-corrected chi connectivity index (χ3v) is 5.71. The summed E-state index contributed by atoms with van der Waals surface area (Å²) in [5.74, 6) is -1.18. The summed E-state index contributed by atoms with van der Waals surface area (Å²) in [5.41, 5.74) is 4.40. The Morgan fingerprint density at radius 2 is 1.60 bits per heavy atom. The highest BCUT2D eigenvalue weighted by atomic mass is 19.4. The van der Waals surface area contributed by atoms with Crippen molar-refractivity contribution in [3.8, 4) is 5.75 Å². The van der Waals surface area contributed by atoms with Gasteiger partial charge in [-0.25, -0.2) is 0 Å². The van der Waals surface area contributed by atoms with E-state index in [9.17, 15) is 22.8 Å². The number of carbonyl (C=O) groups excluding carboxylic acids is 2. The Labute approximate surface area is 170 Å². The average molecular weight is 411 g/mol. The first-order chi connectivity index (χ1) is 14.3. The number of fused-ring (bicyclic) bond motifs is 2. The van der Waals surface area contributed by atoms with Gasteiger partial charge in [0.1, 0.15) is 5.75 Å². The molecule has 1 atom stereocenters. The molecule has 1 N–H and O–H groups in total. The van der Waals surface area contributed by atoms with Crippen LogP contribution in [-0.4, -0.2) is 17.9 Å². The predicted molar refractivity (Wildman–Crippen MR) is 103 cm³/mol. The summed E-state index contributed by atoms with van der Waals surface area (Å²) in [6, 6.07) is 12.6. The second-order valence-corrected chi connectivity index (χ2v) is 7.51. The fourth-order valence-electron chi connectivity index (χ4n) is 4.53. The van der Waals surface area contributed by atoms with E-state index in [-0.39, 0.29) is 17.3 Å². The summed E-state index contributed by atoms with van der Waals surface area (Å²) >= 11 is 0. The highest BCUT2D eigenvalue weighted by Gasteiger charge is 2.43. The zero-order valence-corrected chi connectivity index (χ0v) is 15.7. The lowest BCUT2D eigenvalue weighted by molar-refractivity contribution is -0.274. The second kappa shape index (κ2) is 6.58. The van der Waals surface area contributed by atoms with Crippen LogP contribution in [0.15, 0.2) is 65.4 Å². The van der Waals surface area contributed by atoms with Crippen LogP contribution < -0.4 is 10.1 Å². The van der Waals surface area contributed by atoms with E-state index < -0.39 is 12.3 Å². The summed E-state index contributed by atoms with van der Waals surface area (Å²) < 4.78 is 41.5. The maximum absolute atomic E-state index is 13.2. The molecule has 0 aromatic heterocycles. The van der Waals surface area contributed by atoms with Crippen LogP contribution in [0.5, 0.6) is 5.75 Å². The van der Waals surface area contributed by atoms with Crippen LogP contribution in [-0.2, 0) is 4.79 Å². The number of halogens is 3. The van der Waals surface area contributed by atoms with Gasteiger partial charge in [-0.05, 0) is 30.5 Å². The molecule has 7 heteroatoms. The summed E-state index contributed by atoms with van der Waals surface area (Å²) in [4.78, 5) is 26.1. The Morgan fingerprint density at radius 3 is 2.30 bits per heavy atom. The maximum Gasteiger partial charge on any atom is 0.573 e. The number of dihydropyridines is 1. The Kier molecular flexibility index (Phi) is 4.10. The highest BCUT2D eigenvalue weighted by Crippen LogP contribution is 2.48. The largest absolute Gasteiger partial charge is 0.573 e. The van der Waals surface area contributed by atoms with Crippen LogP contribution in [0.1, 0.15) is 46.7 Å². The molecule has 2 aromatic rings. The van der Waals surface area contributed by atoms with E-state index in [0.29, 0.717) is 47.2 Å². The maximum atomic E-state index is 13.2. The minimum Gasteiger partial charge on any atom is -0.406 e. The van der Waals surface area contributed by atoms with Crippen LogP contribution in [0.2, 0.25) is 0 Å². The molecule has 1 aliphatic heterocycles. The van der Waals surface area contributed by atoms with Crippen molar-refractivity contribution in [1.82, 2.24) is 5.32 Å². The number of benzene rings is 2. The fourth-order valence-corrected chi connectivity index (χ4v) is 4.53. The van der Waals surface area contributed by atoms with Gasteiger partial charge in [0.2, 0.25) is 0 Å². The second-order valence-electron chi connectivity index (χ2n) is 7.51. The molecule has 152 valence electrons. The molecule has 1 unspecified atom stereocenters. The molecule has 0 bridgehead atoms. The monoisotopic (exact) mass is 411 g/mol. The van der Waals surface area contributed by atoms with Gasteiger partial charge in [0, 0.05) is 40.3 Å². The molecule has 0 fully saturated rings. The van der Waals surface area contributed by atoms with Gasteiger partial charge in [-0.3, -0.25) is 9.59 Å². The van der Waals surface area contributed by atoms with E-state index in [4.69, 9.17) is 0 Å². The minimum absolute atomic E-state index is 0.0420. The Bertz CT molecular complexity index is 1140. The number of hydrogen-bond donors (Lipinski definition) is 1. The lowest BCUT2D eigenvalue weighted by atomic mass is 9.75. The van der Waals surface area contributed by atoms with Crippen LogP contribution in [0.25, 0.3) is 5.70 Å². The molecule has 5 rings (SSSR count). The van der Waals surface area contributed by atoms with Crippen LogP contribution in [0.4, 0.5) is 13.2 Å². The van der Waals surface area contributed by atoms with Crippen molar-refractivity contribution in [2.24, 2.45) is 0 Å². The zero-order chi connectivity index (χ0) is 21.0. The molecular formula is C23H16F3NO3. The number of ether oxygens (including phenoxy) is 1. The van der Waals surface area contributed by atoms with Crippen molar-refractivity contribution in [1.29, 1.82) is 0 Å². The van der Waals surface area contributed by atoms with Crippen molar-refractivity contribution < 1.29 is 27.5 Å². The highest BCUT2D eigenvalue weighted by molar-refractivity contribution is 6.23. The van der Waals surface area contributed by atoms with Crippen molar-refractivity contribution in [3.05, 3.63) is 82.1 Å². The molecule has 0 saturated heterocycles. The molecule has 0 radical (unpaired) electrons. The molecule has 2 aliphatic carbocycles. The number of nitrogens with one attached hydrogen (secondary N) is 1. The standard InChI is InChI=1S/C23H16F3NO3/c24-23(25,26)30-13-10-8-12(9-11-13)18-19-16(6-3-7-17(19)28)27-21-14-4-1-2-5-15(14)22(29)20(18)21/h1-2,4-5,8-11,18,27H,3,6-7H2. The normalized spacial score (nSPS) is 20.6. The topological polar surface area (TPSA) is 55.4 Å². The SMILES string of the molecule is O=C1CCCC2=C1C(c1ccc(OC(F)(F)F)cc1)C1=C(N2)c2ccccc2C1=O. The number of allylic oxidation sites excluding steroid dienone is 3. The van der Waals surface area contributed by atoms with Crippen LogP contribution >= 0.6 is 0 Å². The first kappa shape index (κ1) is 18.7. The average Bonchev–Trinajstić information content (AvgIpc) is 2.99. The number of alkyl halides is 3. The molecule has 4 nitrogen and oxygen atoms in total. The molecule has 30 heavy (non-hydrogen) atoms. The van der Waals surface area contributed by atoms with Crippen molar-refractivity contribution >= 4 is 17.3 Å². The van der Waals surface area contributed by atoms with Gasteiger partial charge in [0.05, 0.1) is 5.70 Å². The molecule has 0 spiro atoms. The quantitative estimate of drug-likeness (QED) is 0.765. The molecule has 1 heterocycles. The van der Waals surface area contributed by atoms with E-state index in [1.54, 1.807) is 12.1 Å². The Morgan fingerprint density at radius 1 is 0.900 bits per heavy atom. The lowest BCUT2D eigenvalue weighted by Crippen LogP contribution is -2.31. The smallest absolute Gasteiger partial charge is 0.406 e. The lowest BCUT2D eigenvalue weighted by Gasteiger charge is -2.33. The third-order valence-electron chi connectivity index (χ3n) is 5.71. The number of ketones is 2. The van der Waals surface area contributed by atoms with Gasteiger partial charge in [0.15, 0.2) is 11.6 Å². The van der Waals surface area contributed by atoms with E-state index in [1.807, 2.05) is 12.1 Å². The van der Waals surface area contributed by atoms with E-state index in [2.05, 4.69) is 10.1 Å². The number of rotatable bonds is 2. The predicted octanol–water partition coefficient (Wildman–Crippen LogP) is 4.89. The van der Waals surface area contributed by atoms with Gasteiger partial charge in [-0.15, -0.1) is 13.2 Å². The summed E-state index contributed by atoms with van der Waals surface area (Å²) in [6.07, 6.45) is -3.01. The summed E-state index contributed by atoms with van der Waals surface area (Å²) in [7, 11) is 0. The fraction of sp³-hybridized carbons (Fsp3) is 0.217. The van der Waals surface area contributed by atoms with Gasteiger partial charge >= 0.3 is 6.36 Å². The number of Topliss-reactive ketones (excluding diaryl/α,β-unsaturated/α-hetero) is 2. The van der Waals surface area contributed by atoms with E-state index in [0.717, 1.165) is 11.3 Å². The van der Waals surface area contributed by atoms with Crippen LogP contribution in [0.3, 0.4) is 0 Å².